The molecule has 6 unspecified atom stereocenters. The van der Waals surface area contributed by atoms with Crippen LogP contribution in [0.25, 0.3) is 0 Å². The Kier molecular flexibility index (Phi) is 1.38. The van der Waals surface area contributed by atoms with Crippen LogP contribution in [0.1, 0.15) is 65.7 Å². The molecule has 10 aliphatic carbocycles. The maximum atomic E-state index is 2.74. The second-order valence-electron chi connectivity index (χ2n) is 10.4. The van der Waals surface area contributed by atoms with Gasteiger partial charge in [-0.3, -0.25) is 0 Å². The predicted molar refractivity (Wildman–Crippen MR) is 76.5 cm³/mol. The maximum Gasteiger partial charge on any atom is -0.0181 e. The average molecular weight is 256 g/mol. The Hall–Kier alpha value is 0. The normalized spacial score (nSPS) is 73.9. The van der Waals surface area contributed by atoms with Gasteiger partial charge in [-0.1, -0.05) is 20.8 Å². The zero-order valence-corrected chi connectivity index (χ0v) is 12.8. The molecule has 0 radical (unpaired) electrons. The molecular weight excluding hydrogens is 228 g/mol. The maximum absolute atomic E-state index is 2.74. The summed E-state index contributed by atoms with van der Waals surface area (Å²) in [6.45, 7) is 7.92. The van der Waals surface area contributed by atoms with Crippen molar-refractivity contribution in [2.24, 2.45) is 51.2 Å². The SMILES string of the molecule is CC(C)C12CC3CC4C1CC15CC4(C)C(C3)C2(C1)C5. The minimum Gasteiger partial charge on any atom is -0.0622 e. The van der Waals surface area contributed by atoms with E-state index in [-0.39, 0.29) is 0 Å². The first-order valence-corrected chi connectivity index (χ1v) is 8.96. The topological polar surface area (TPSA) is 0 Å². The van der Waals surface area contributed by atoms with Gasteiger partial charge < -0.3 is 0 Å². The lowest BCUT2D eigenvalue weighted by molar-refractivity contribution is -0.432. The molecule has 19 heavy (non-hydrogen) atoms. The summed E-state index contributed by atoms with van der Waals surface area (Å²) in [5.74, 6) is 5.49. The Morgan fingerprint density at radius 1 is 0.947 bits per heavy atom. The summed E-state index contributed by atoms with van der Waals surface area (Å²) in [6.07, 6.45) is 11.5. The molecule has 8 bridgehead atoms. The molecule has 0 aromatic heterocycles. The third kappa shape index (κ3) is 0.738. The van der Waals surface area contributed by atoms with E-state index in [1.807, 2.05) is 0 Å². The van der Waals surface area contributed by atoms with Crippen LogP contribution in [0.3, 0.4) is 0 Å². The van der Waals surface area contributed by atoms with Crippen LogP contribution < -0.4 is 0 Å². The molecular formula is C19H28. The Morgan fingerprint density at radius 3 is 2.47 bits per heavy atom. The van der Waals surface area contributed by atoms with E-state index in [1.165, 1.54) is 0 Å². The van der Waals surface area contributed by atoms with Crippen molar-refractivity contribution in [2.75, 3.05) is 0 Å². The summed E-state index contributed by atoms with van der Waals surface area (Å²) in [6, 6.07) is 0. The lowest BCUT2D eigenvalue weighted by Gasteiger charge is -2.92. The van der Waals surface area contributed by atoms with Gasteiger partial charge in [0.15, 0.2) is 0 Å². The second kappa shape index (κ2) is 2.46. The Labute approximate surface area is 117 Å². The first-order chi connectivity index (χ1) is 8.96. The fourth-order valence-corrected chi connectivity index (χ4v) is 10.4. The molecule has 104 valence electrons. The van der Waals surface area contributed by atoms with E-state index in [1.54, 1.807) is 44.9 Å². The summed E-state index contributed by atoms with van der Waals surface area (Å²) < 4.78 is 0. The summed E-state index contributed by atoms with van der Waals surface area (Å²) in [7, 11) is 0. The fourth-order valence-electron chi connectivity index (χ4n) is 10.4. The van der Waals surface area contributed by atoms with Crippen LogP contribution in [0.2, 0.25) is 0 Å². The van der Waals surface area contributed by atoms with Gasteiger partial charge in [-0.2, -0.15) is 0 Å². The monoisotopic (exact) mass is 256 g/mol. The van der Waals surface area contributed by atoms with Crippen molar-refractivity contribution in [2.45, 2.75) is 65.7 Å². The molecule has 6 atom stereocenters. The van der Waals surface area contributed by atoms with Gasteiger partial charge in [0.25, 0.3) is 0 Å². The smallest absolute Gasteiger partial charge is 0.0181 e. The standard InChI is InChI=1S/C19H28/c1-11(2)19-6-12-4-13-14(19)7-17-8-16(13,3)15(5-12)18(19,9-17)10-17/h11-15H,4-10H2,1-3H3. The van der Waals surface area contributed by atoms with E-state index in [0.717, 1.165) is 51.2 Å². The largest absolute Gasteiger partial charge is 0.0622 e. The Balaban J connectivity index is 1.67. The van der Waals surface area contributed by atoms with Crippen LogP contribution in [-0.4, -0.2) is 0 Å². The molecule has 0 aromatic rings. The molecule has 0 saturated heterocycles. The fraction of sp³-hybridized carbons (Fsp3) is 1.00. The average Bonchev–Trinajstić information content (AvgIpc) is 2.33. The quantitative estimate of drug-likeness (QED) is 0.627. The summed E-state index contributed by atoms with van der Waals surface area (Å²) in [4.78, 5) is 0. The minimum absolute atomic E-state index is 0.786. The van der Waals surface area contributed by atoms with Crippen LogP contribution in [0, 0.1) is 51.2 Å². The number of hydrogen-bond acceptors (Lipinski definition) is 0. The highest BCUT2D eigenvalue weighted by molar-refractivity contribution is 5.35. The van der Waals surface area contributed by atoms with Gasteiger partial charge in [-0.25, -0.2) is 0 Å². The van der Waals surface area contributed by atoms with Gasteiger partial charge in [0, 0.05) is 0 Å². The minimum atomic E-state index is 0.786. The summed E-state index contributed by atoms with van der Waals surface area (Å²) in [5, 5.41) is 0. The van der Waals surface area contributed by atoms with Crippen molar-refractivity contribution < 1.29 is 0 Å². The number of rotatable bonds is 1. The van der Waals surface area contributed by atoms with E-state index in [4.69, 9.17) is 0 Å². The highest BCUT2D eigenvalue weighted by Gasteiger charge is 2.87. The van der Waals surface area contributed by atoms with Crippen molar-refractivity contribution in [1.82, 2.24) is 0 Å². The molecule has 0 heterocycles. The molecule has 10 fully saturated rings. The van der Waals surface area contributed by atoms with Gasteiger partial charge >= 0.3 is 0 Å². The summed E-state index contributed by atoms with van der Waals surface area (Å²) >= 11 is 0. The zero-order chi connectivity index (χ0) is 12.8. The van der Waals surface area contributed by atoms with Gasteiger partial charge in [0.05, 0.1) is 0 Å². The Morgan fingerprint density at radius 2 is 1.74 bits per heavy atom. The molecule has 10 aliphatic rings. The first kappa shape index (κ1) is 10.7. The van der Waals surface area contributed by atoms with Crippen LogP contribution in [0.15, 0.2) is 0 Å². The molecule has 2 spiro atoms. The van der Waals surface area contributed by atoms with Gasteiger partial charge in [0.2, 0.25) is 0 Å². The lowest BCUT2D eigenvalue weighted by atomic mass is 9.13. The van der Waals surface area contributed by atoms with Crippen LogP contribution in [0.5, 0.6) is 0 Å². The molecule has 10 rings (SSSR count). The van der Waals surface area contributed by atoms with E-state index < -0.39 is 0 Å². The highest BCUT2D eigenvalue weighted by Crippen LogP contribution is 2.94. The van der Waals surface area contributed by atoms with Crippen molar-refractivity contribution in [3.05, 3.63) is 0 Å². The molecule has 0 nitrogen and oxygen atoms in total. The van der Waals surface area contributed by atoms with Crippen molar-refractivity contribution >= 4 is 0 Å². The van der Waals surface area contributed by atoms with Crippen molar-refractivity contribution in [1.29, 1.82) is 0 Å². The predicted octanol–water partition coefficient (Wildman–Crippen LogP) is 4.89. The molecule has 10 saturated carbocycles. The molecule has 0 aliphatic heterocycles. The van der Waals surface area contributed by atoms with Gasteiger partial charge in [-0.15, -0.1) is 0 Å². The first-order valence-electron chi connectivity index (χ1n) is 8.96. The molecule has 0 heteroatoms. The van der Waals surface area contributed by atoms with E-state index in [0.29, 0.717) is 0 Å². The van der Waals surface area contributed by atoms with Gasteiger partial charge in [-0.05, 0) is 96.2 Å². The van der Waals surface area contributed by atoms with E-state index in [2.05, 4.69) is 20.8 Å². The molecule has 0 N–H and O–H groups in total. The van der Waals surface area contributed by atoms with Gasteiger partial charge in [0.1, 0.15) is 0 Å². The van der Waals surface area contributed by atoms with Crippen LogP contribution in [0.4, 0.5) is 0 Å². The second-order valence-corrected chi connectivity index (χ2v) is 10.4. The highest BCUT2D eigenvalue weighted by atomic mass is 14.9. The van der Waals surface area contributed by atoms with Crippen LogP contribution >= 0.6 is 0 Å². The third-order valence-corrected chi connectivity index (χ3v) is 9.99. The molecule has 0 aromatic carbocycles. The van der Waals surface area contributed by atoms with Crippen molar-refractivity contribution in [3.8, 4) is 0 Å². The lowest BCUT2D eigenvalue weighted by Crippen LogP contribution is -2.85. The van der Waals surface area contributed by atoms with Crippen LogP contribution in [-0.2, 0) is 0 Å². The van der Waals surface area contributed by atoms with E-state index >= 15 is 0 Å². The Bertz CT molecular complexity index is 491. The van der Waals surface area contributed by atoms with E-state index in [9.17, 15) is 0 Å². The zero-order valence-electron chi connectivity index (χ0n) is 12.8. The third-order valence-electron chi connectivity index (χ3n) is 9.99. The summed E-state index contributed by atoms with van der Waals surface area (Å²) in [5.41, 5.74) is 3.28. The molecule has 0 amide bonds. The number of hydrogen-bond donors (Lipinski definition) is 0. The van der Waals surface area contributed by atoms with Crippen molar-refractivity contribution in [3.63, 3.8) is 0 Å².